The molecule has 3 rings (SSSR count). The number of halogens is 1. The van der Waals surface area contributed by atoms with Gasteiger partial charge in [0.1, 0.15) is 5.75 Å². The molecule has 0 radical (unpaired) electrons. The third-order valence-corrected chi connectivity index (χ3v) is 4.79. The van der Waals surface area contributed by atoms with Crippen molar-refractivity contribution in [2.75, 3.05) is 26.7 Å². The molecule has 0 atom stereocenters. The molecule has 0 unspecified atom stereocenters. The SMILES string of the molecule is CN=C(NCCCOc1ccccc1)NCC1(C2CC2)CC1.I. The van der Waals surface area contributed by atoms with Crippen molar-refractivity contribution in [1.29, 1.82) is 0 Å². The lowest BCUT2D eigenvalue weighted by molar-refractivity contribution is 0.311. The smallest absolute Gasteiger partial charge is 0.190 e. The summed E-state index contributed by atoms with van der Waals surface area (Å²) in [6.07, 6.45) is 6.62. The normalized spacial score (nSPS) is 18.7. The second kappa shape index (κ2) is 8.76. The standard InChI is InChI=1S/C18H27N3O.HI/c1-19-17(21-14-18(10-11-18)15-8-9-15)20-12-5-13-22-16-6-3-2-4-7-16;/h2-4,6-7,15H,5,8-14H2,1H3,(H2,19,20,21);1H. The third-order valence-electron chi connectivity index (χ3n) is 4.79. The van der Waals surface area contributed by atoms with E-state index in [1.54, 1.807) is 0 Å². The Morgan fingerprint density at radius 2 is 1.96 bits per heavy atom. The molecule has 0 saturated heterocycles. The Kier molecular flexibility index (Phi) is 6.99. The molecule has 0 amide bonds. The number of para-hydroxylation sites is 1. The minimum Gasteiger partial charge on any atom is -0.494 e. The van der Waals surface area contributed by atoms with Crippen molar-refractivity contribution in [3.8, 4) is 5.75 Å². The van der Waals surface area contributed by atoms with E-state index in [-0.39, 0.29) is 24.0 Å². The number of hydrogen-bond acceptors (Lipinski definition) is 2. The summed E-state index contributed by atoms with van der Waals surface area (Å²) in [5.74, 6) is 2.84. The van der Waals surface area contributed by atoms with Crippen LogP contribution in [0.1, 0.15) is 32.1 Å². The molecule has 4 nitrogen and oxygen atoms in total. The minimum absolute atomic E-state index is 0. The first-order valence-electron chi connectivity index (χ1n) is 8.45. The molecule has 0 aromatic heterocycles. The average Bonchev–Trinajstić information content (AvgIpc) is 3.44. The molecule has 23 heavy (non-hydrogen) atoms. The molecular weight excluding hydrogens is 401 g/mol. The maximum absolute atomic E-state index is 5.69. The van der Waals surface area contributed by atoms with Gasteiger partial charge >= 0.3 is 0 Å². The van der Waals surface area contributed by atoms with Crippen molar-refractivity contribution in [2.45, 2.75) is 32.1 Å². The molecule has 5 heteroatoms. The van der Waals surface area contributed by atoms with Gasteiger partial charge in [0.2, 0.25) is 0 Å². The Bertz CT molecular complexity index is 498. The second-order valence-corrected chi connectivity index (χ2v) is 6.50. The number of hydrogen-bond donors (Lipinski definition) is 2. The lowest BCUT2D eigenvalue weighted by Gasteiger charge is -2.18. The molecule has 2 N–H and O–H groups in total. The van der Waals surface area contributed by atoms with Crippen LogP contribution in [0.4, 0.5) is 0 Å². The summed E-state index contributed by atoms with van der Waals surface area (Å²) in [6.45, 7) is 2.68. The molecule has 0 spiro atoms. The van der Waals surface area contributed by atoms with Crippen LogP contribution in [0.25, 0.3) is 0 Å². The molecule has 2 aliphatic rings. The molecule has 2 fully saturated rings. The molecular formula is C18H28IN3O. The molecule has 0 heterocycles. The van der Waals surface area contributed by atoms with Gasteiger partial charge in [-0.2, -0.15) is 0 Å². The maximum atomic E-state index is 5.69. The van der Waals surface area contributed by atoms with Gasteiger partial charge in [-0.25, -0.2) is 0 Å². The molecule has 2 aliphatic carbocycles. The highest BCUT2D eigenvalue weighted by Gasteiger charge is 2.53. The highest BCUT2D eigenvalue weighted by atomic mass is 127. The molecule has 0 bridgehead atoms. The van der Waals surface area contributed by atoms with Gasteiger partial charge in [-0.3, -0.25) is 4.99 Å². The minimum atomic E-state index is 0. The van der Waals surface area contributed by atoms with Crippen molar-refractivity contribution >= 4 is 29.9 Å². The number of guanidine groups is 1. The van der Waals surface area contributed by atoms with Crippen LogP contribution in [0.15, 0.2) is 35.3 Å². The monoisotopic (exact) mass is 429 g/mol. The van der Waals surface area contributed by atoms with E-state index in [1.165, 1.54) is 25.7 Å². The van der Waals surface area contributed by atoms with Crippen LogP contribution < -0.4 is 15.4 Å². The van der Waals surface area contributed by atoms with Gasteiger partial charge in [-0.1, -0.05) is 18.2 Å². The first-order chi connectivity index (χ1) is 10.8. The van der Waals surface area contributed by atoms with Crippen LogP contribution in [0, 0.1) is 11.3 Å². The fourth-order valence-electron chi connectivity index (χ4n) is 3.05. The molecule has 0 aliphatic heterocycles. The summed E-state index contributed by atoms with van der Waals surface area (Å²) in [4.78, 5) is 4.31. The van der Waals surface area contributed by atoms with Gasteiger partial charge in [-0.15, -0.1) is 24.0 Å². The van der Waals surface area contributed by atoms with Crippen molar-refractivity contribution in [3.05, 3.63) is 30.3 Å². The van der Waals surface area contributed by atoms with Crippen molar-refractivity contribution in [3.63, 3.8) is 0 Å². The quantitative estimate of drug-likeness (QED) is 0.288. The van der Waals surface area contributed by atoms with E-state index in [2.05, 4.69) is 15.6 Å². The highest BCUT2D eigenvalue weighted by molar-refractivity contribution is 14.0. The summed E-state index contributed by atoms with van der Waals surface area (Å²) in [6, 6.07) is 9.96. The van der Waals surface area contributed by atoms with E-state index < -0.39 is 0 Å². The average molecular weight is 429 g/mol. The fraction of sp³-hybridized carbons (Fsp3) is 0.611. The number of ether oxygens (including phenoxy) is 1. The number of nitrogens with zero attached hydrogens (tertiary/aromatic N) is 1. The van der Waals surface area contributed by atoms with Crippen LogP contribution in [-0.2, 0) is 0 Å². The Morgan fingerprint density at radius 1 is 1.22 bits per heavy atom. The van der Waals surface area contributed by atoms with E-state index in [0.29, 0.717) is 5.41 Å². The van der Waals surface area contributed by atoms with E-state index in [1.807, 2.05) is 37.4 Å². The fourth-order valence-corrected chi connectivity index (χ4v) is 3.05. The lowest BCUT2D eigenvalue weighted by atomic mass is 10.0. The van der Waals surface area contributed by atoms with Crippen molar-refractivity contribution < 1.29 is 4.74 Å². The van der Waals surface area contributed by atoms with Gasteiger partial charge in [0.15, 0.2) is 5.96 Å². The van der Waals surface area contributed by atoms with Crippen LogP contribution in [0.5, 0.6) is 5.75 Å². The number of rotatable bonds is 8. The molecule has 1 aromatic carbocycles. The largest absolute Gasteiger partial charge is 0.494 e. The molecule has 2 saturated carbocycles. The van der Waals surface area contributed by atoms with Gasteiger partial charge in [-0.05, 0) is 55.6 Å². The predicted octanol–water partition coefficient (Wildman–Crippen LogP) is 3.43. The first kappa shape index (κ1) is 18.4. The van der Waals surface area contributed by atoms with Gasteiger partial charge in [0.25, 0.3) is 0 Å². The number of aliphatic imine (C=N–C) groups is 1. The molecule has 128 valence electrons. The van der Waals surface area contributed by atoms with Gasteiger partial charge < -0.3 is 15.4 Å². The lowest BCUT2D eigenvalue weighted by Crippen LogP contribution is -2.41. The van der Waals surface area contributed by atoms with Gasteiger partial charge in [0, 0.05) is 20.1 Å². The van der Waals surface area contributed by atoms with Crippen LogP contribution in [0.2, 0.25) is 0 Å². The Hall–Kier alpha value is -0.980. The zero-order valence-electron chi connectivity index (χ0n) is 13.9. The summed E-state index contributed by atoms with van der Waals surface area (Å²) < 4.78 is 5.69. The summed E-state index contributed by atoms with van der Waals surface area (Å²) in [5, 5.41) is 6.87. The highest BCUT2D eigenvalue weighted by Crippen LogP contribution is 2.60. The maximum Gasteiger partial charge on any atom is 0.190 e. The number of benzene rings is 1. The van der Waals surface area contributed by atoms with E-state index in [0.717, 1.165) is 43.7 Å². The van der Waals surface area contributed by atoms with E-state index in [4.69, 9.17) is 4.74 Å². The van der Waals surface area contributed by atoms with Crippen molar-refractivity contribution in [2.24, 2.45) is 16.3 Å². The first-order valence-corrected chi connectivity index (χ1v) is 8.45. The number of nitrogens with one attached hydrogen (secondary N) is 2. The summed E-state index contributed by atoms with van der Waals surface area (Å²) in [5.41, 5.74) is 0.605. The Balaban J connectivity index is 0.00000192. The molecule has 1 aromatic rings. The summed E-state index contributed by atoms with van der Waals surface area (Å²) >= 11 is 0. The van der Waals surface area contributed by atoms with E-state index in [9.17, 15) is 0 Å². The topological polar surface area (TPSA) is 45.7 Å². The van der Waals surface area contributed by atoms with Crippen LogP contribution >= 0.6 is 24.0 Å². The van der Waals surface area contributed by atoms with Gasteiger partial charge in [0.05, 0.1) is 6.61 Å². The van der Waals surface area contributed by atoms with Crippen molar-refractivity contribution in [1.82, 2.24) is 10.6 Å². The second-order valence-electron chi connectivity index (χ2n) is 6.50. The third kappa shape index (κ3) is 5.55. The predicted molar refractivity (Wildman–Crippen MR) is 106 cm³/mol. The van der Waals surface area contributed by atoms with Crippen LogP contribution in [0.3, 0.4) is 0 Å². The Morgan fingerprint density at radius 3 is 2.57 bits per heavy atom. The van der Waals surface area contributed by atoms with E-state index >= 15 is 0 Å². The zero-order chi connectivity index (χ0) is 15.3. The van der Waals surface area contributed by atoms with Crippen LogP contribution in [-0.4, -0.2) is 32.7 Å². The zero-order valence-corrected chi connectivity index (χ0v) is 16.2. The Labute approximate surface area is 156 Å². The summed E-state index contributed by atoms with van der Waals surface area (Å²) in [7, 11) is 1.84.